The lowest BCUT2D eigenvalue weighted by atomic mass is 9.85. The number of fused-ring (bicyclic) bond motifs is 3. The molecule has 258 valence electrons. The molecule has 0 aromatic heterocycles. The number of benzene rings is 3. The van der Waals surface area contributed by atoms with Crippen molar-refractivity contribution in [3.63, 3.8) is 0 Å². The van der Waals surface area contributed by atoms with Crippen molar-refractivity contribution in [2.45, 2.75) is 76.3 Å². The van der Waals surface area contributed by atoms with Crippen LogP contribution in [-0.2, 0) is 94.1 Å². The Morgan fingerprint density at radius 2 is 0.646 bits per heavy atom. The lowest BCUT2D eigenvalue weighted by Crippen LogP contribution is -2.65. The quantitative estimate of drug-likeness (QED) is 0.293. The first kappa shape index (κ1) is 34.3. The van der Waals surface area contributed by atoms with E-state index in [1.54, 1.807) is 72.8 Å². The lowest BCUT2D eigenvalue weighted by molar-refractivity contribution is -0.215. The van der Waals surface area contributed by atoms with Gasteiger partial charge in [-0.05, 0) is 33.4 Å². The van der Waals surface area contributed by atoms with Gasteiger partial charge in [-0.2, -0.15) is 0 Å². The minimum absolute atomic E-state index is 0.201. The maximum absolute atomic E-state index is 14.1. The van der Waals surface area contributed by atoms with E-state index in [2.05, 4.69) is 0 Å². The normalized spacial score (nSPS) is 30.8. The average Bonchev–Trinajstić information content (AvgIpc) is 3.46. The predicted octanol–water partition coefficient (Wildman–Crippen LogP) is 4.80. The molecule has 3 N–H and O–H groups in total. The summed E-state index contributed by atoms with van der Waals surface area (Å²) in [6, 6.07) is 21.0. The summed E-state index contributed by atoms with van der Waals surface area (Å²) in [6.45, 7) is -1.23. The van der Waals surface area contributed by atoms with Gasteiger partial charge in [0.25, 0.3) is 0 Å². The molecule has 2 unspecified atom stereocenters. The van der Waals surface area contributed by atoms with E-state index in [1.165, 1.54) is 0 Å². The third-order valence-corrected chi connectivity index (χ3v) is 12.6. The van der Waals surface area contributed by atoms with Crippen molar-refractivity contribution in [1.82, 2.24) is 0 Å². The molecule has 3 aromatic carbocycles. The van der Waals surface area contributed by atoms with Crippen molar-refractivity contribution < 1.29 is 69.7 Å². The van der Waals surface area contributed by atoms with Crippen LogP contribution in [0.4, 0.5) is 0 Å². The van der Waals surface area contributed by atoms with Gasteiger partial charge < -0.3 is 15.3 Å². The highest BCUT2D eigenvalue weighted by Gasteiger charge is 2.58. The molecular formula is C30H33O15P3. The highest BCUT2D eigenvalue weighted by atomic mass is 31.2. The highest BCUT2D eigenvalue weighted by molar-refractivity contribution is 7.49. The highest BCUT2D eigenvalue weighted by Crippen LogP contribution is 2.61. The van der Waals surface area contributed by atoms with Gasteiger partial charge >= 0.3 is 23.5 Å². The standard InChI is InChI=1S/C30H33O15P3/c31-25-26(32)28(43-46(34)37-13-19-7-1-2-8-20(19)14-38-46)30(45-48(36)41-17-23-11-5-6-12-24(23)18-42-48)29(27(25)33)44-47(35)39-15-21-9-3-4-10-22(21)16-40-47/h1-12,25-33H,13-18H2/t25?,26-,27+,28+,29-,30?. The Morgan fingerprint density at radius 1 is 0.417 bits per heavy atom. The molecule has 3 heterocycles. The Morgan fingerprint density at radius 3 is 0.896 bits per heavy atom. The zero-order chi connectivity index (χ0) is 33.5. The molecule has 3 aliphatic heterocycles. The fourth-order valence-electron chi connectivity index (χ4n) is 5.68. The lowest BCUT2D eigenvalue weighted by Gasteiger charge is -2.45. The van der Waals surface area contributed by atoms with E-state index < -0.39 is 60.1 Å². The number of aliphatic hydroxyl groups is 3. The fourth-order valence-corrected chi connectivity index (χ4v) is 9.68. The Kier molecular flexibility index (Phi) is 9.93. The third-order valence-electron chi connectivity index (χ3n) is 8.40. The Bertz CT molecular complexity index is 1600. The topological polar surface area (TPSA) is 195 Å². The van der Waals surface area contributed by atoms with Crippen LogP contribution >= 0.6 is 23.5 Å². The molecule has 15 nitrogen and oxygen atoms in total. The van der Waals surface area contributed by atoms with E-state index in [9.17, 15) is 29.0 Å². The third kappa shape index (κ3) is 7.19. The fraction of sp³-hybridized carbons (Fsp3) is 0.400. The Hall–Kier alpha value is -2.13. The van der Waals surface area contributed by atoms with Crippen molar-refractivity contribution in [3.8, 4) is 0 Å². The second-order valence-electron chi connectivity index (χ2n) is 11.5. The van der Waals surface area contributed by atoms with Gasteiger partial charge in [0, 0.05) is 0 Å². The van der Waals surface area contributed by atoms with Gasteiger partial charge in [0.2, 0.25) is 0 Å². The van der Waals surface area contributed by atoms with Crippen LogP contribution in [0.5, 0.6) is 0 Å². The molecule has 0 saturated heterocycles. The zero-order valence-electron chi connectivity index (χ0n) is 25.2. The van der Waals surface area contributed by atoms with Gasteiger partial charge in [0.15, 0.2) is 0 Å². The first-order valence-electron chi connectivity index (χ1n) is 15.0. The van der Waals surface area contributed by atoms with Gasteiger partial charge in [-0.25, -0.2) is 13.7 Å². The van der Waals surface area contributed by atoms with E-state index in [1.807, 2.05) is 0 Å². The maximum atomic E-state index is 14.1. The Balaban J connectivity index is 1.20. The molecule has 18 heteroatoms. The van der Waals surface area contributed by atoms with Crippen molar-refractivity contribution >= 4 is 23.5 Å². The van der Waals surface area contributed by atoms with Crippen molar-refractivity contribution in [3.05, 3.63) is 106 Å². The van der Waals surface area contributed by atoms with Gasteiger partial charge in [-0.15, -0.1) is 0 Å². The molecular weight excluding hydrogens is 693 g/mol. The molecule has 48 heavy (non-hydrogen) atoms. The molecule has 7 rings (SSSR count). The van der Waals surface area contributed by atoms with Crippen molar-refractivity contribution in [2.75, 3.05) is 0 Å². The summed E-state index contributed by atoms with van der Waals surface area (Å²) in [7, 11) is -13.8. The molecule has 0 amide bonds. The van der Waals surface area contributed by atoms with Crippen LogP contribution in [0.1, 0.15) is 33.4 Å². The molecule has 0 bridgehead atoms. The summed E-state index contributed by atoms with van der Waals surface area (Å²) in [5, 5.41) is 33.4. The minimum Gasteiger partial charge on any atom is -0.387 e. The Labute approximate surface area is 275 Å². The van der Waals surface area contributed by atoms with Gasteiger partial charge in [0.1, 0.15) is 36.6 Å². The van der Waals surface area contributed by atoms with Gasteiger partial charge in [-0.3, -0.25) is 40.7 Å². The van der Waals surface area contributed by atoms with Gasteiger partial charge in [-0.1, -0.05) is 72.8 Å². The molecule has 0 radical (unpaired) electrons. The van der Waals surface area contributed by atoms with E-state index in [0.717, 1.165) is 0 Å². The number of hydrogen-bond donors (Lipinski definition) is 3. The predicted molar refractivity (Wildman–Crippen MR) is 164 cm³/mol. The van der Waals surface area contributed by atoms with Crippen LogP contribution in [0.3, 0.4) is 0 Å². The van der Waals surface area contributed by atoms with Crippen LogP contribution in [0.25, 0.3) is 0 Å². The number of hydrogen-bond acceptors (Lipinski definition) is 15. The molecule has 3 aromatic rings. The van der Waals surface area contributed by atoms with Crippen molar-refractivity contribution in [1.29, 1.82) is 0 Å². The second-order valence-corrected chi connectivity index (χ2v) is 16.3. The summed E-state index contributed by atoms with van der Waals surface area (Å²) in [5.74, 6) is 0. The first-order valence-corrected chi connectivity index (χ1v) is 19.4. The largest absolute Gasteiger partial charge is 0.475 e. The summed E-state index contributed by atoms with van der Waals surface area (Å²) in [5.41, 5.74) is 3.98. The van der Waals surface area contributed by atoms with E-state index in [4.69, 9.17) is 40.7 Å². The minimum atomic E-state index is -4.63. The summed E-state index contributed by atoms with van der Waals surface area (Å²) in [4.78, 5) is 0. The monoisotopic (exact) mass is 726 g/mol. The van der Waals surface area contributed by atoms with Crippen LogP contribution in [0.15, 0.2) is 72.8 Å². The maximum Gasteiger partial charge on any atom is 0.475 e. The molecule has 1 fully saturated rings. The number of rotatable bonds is 6. The summed E-state index contributed by atoms with van der Waals surface area (Å²) >= 11 is 0. The molecule has 1 saturated carbocycles. The zero-order valence-corrected chi connectivity index (χ0v) is 27.9. The van der Waals surface area contributed by atoms with Crippen LogP contribution in [0, 0.1) is 0 Å². The number of aliphatic hydroxyl groups excluding tert-OH is 3. The van der Waals surface area contributed by atoms with E-state index in [-0.39, 0.29) is 39.6 Å². The molecule has 1 aliphatic carbocycles. The van der Waals surface area contributed by atoms with Crippen LogP contribution in [-0.4, -0.2) is 51.9 Å². The average molecular weight is 727 g/mol. The van der Waals surface area contributed by atoms with Crippen molar-refractivity contribution in [2.24, 2.45) is 0 Å². The van der Waals surface area contributed by atoms with Gasteiger partial charge in [0.05, 0.1) is 39.6 Å². The molecule has 0 spiro atoms. The SMILES string of the molecule is O=P1(OC2[C@@H](OP3(=O)OCc4ccccc4CO3)[C@H](O)C(O)[C@H](O)[C@H]2OP2(=O)OCc3ccccc3CO2)OCc2ccccc2CO1. The number of phosphoric acid groups is 3. The van der Waals surface area contributed by atoms with Crippen LogP contribution < -0.4 is 0 Å². The van der Waals surface area contributed by atoms with Crippen LogP contribution in [0.2, 0.25) is 0 Å². The summed E-state index contributed by atoms with van der Waals surface area (Å²) < 4.78 is 92.6. The second kappa shape index (κ2) is 13.9. The smallest absolute Gasteiger partial charge is 0.387 e. The van der Waals surface area contributed by atoms with E-state index in [0.29, 0.717) is 33.4 Å². The summed E-state index contributed by atoms with van der Waals surface area (Å²) in [6.07, 6.45) is -12.1. The molecule has 4 aliphatic rings. The molecule has 6 atom stereocenters. The van der Waals surface area contributed by atoms with E-state index >= 15 is 0 Å². The number of phosphoric ester groups is 3. The first-order chi connectivity index (χ1) is 23.0.